The number of aromatic nitrogens is 2. The first kappa shape index (κ1) is 19.6. The zero-order chi connectivity index (χ0) is 20.8. The first-order chi connectivity index (χ1) is 14.7. The summed E-state index contributed by atoms with van der Waals surface area (Å²) in [6, 6.07) is 27.1. The molecule has 5 nitrogen and oxygen atoms in total. The molecule has 0 spiro atoms. The summed E-state index contributed by atoms with van der Waals surface area (Å²) in [5.74, 6) is 1.18. The number of ether oxygens (including phenoxy) is 1. The van der Waals surface area contributed by atoms with Gasteiger partial charge in [0.25, 0.3) is 0 Å². The van der Waals surface area contributed by atoms with E-state index in [1.807, 2.05) is 84.9 Å². The van der Waals surface area contributed by atoms with Gasteiger partial charge in [-0.15, -0.1) is 0 Å². The fourth-order valence-electron chi connectivity index (χ4n) is 2.90. The zero-order valence-corrected chi connectivity index (χ0v) is 17.0. The van der Waals surface area contributed by atoms with Crippen LogP contribution in [0.4, 0.5) is 5.95 Å². The molecule has 1 heterocycles. The number of nitrogens with one attached hydrogen (secondary N) is 1. The zero-order valence-electron chi connectivity index (χ0n) is 16.3. The van der Waals surface area contributed by atoms with Crippen LogP contribution < -0.4 is 10.2 Å². The van der Waals surface area contributed by atoms with Crippen molar-refractivity contribution in [1.82, 2.24) is 9.97 Å². The minimum absolute atomic E-state index is 0.394. The van der Waals surface area contributed by atoms with Crippen LogP contribution in [0.25, 0.3) is 22.5 Å². The molecule has 6 heteroatoms. The molecule has 4 aromatic rings. The highest BCUT2D eigenvalue weighted by molar-refractivity contribution is 6.33. The van der Waals surface area contributed by atoms with Crippen molar-refractivity contribution in [2.45, 2.75) is 0 Å². The number of anilines is 1. The van der Waals surface area contributed by atoms with Gasteiger partial charge < -0.3 is 4.74 Å². The van der Waals surface area contributed by atoms with Crippen LogP contribution in [0.15, 0.2) is 90.0 Å². The highest BCUT2D eigenvalue weighted by Crippen LogP contribution is 2.26. The van der Waals surface area contributed by atoms with Crippen LogP contribution in [-0.2, 0) is 0 Å². The van der Waals surface area contributed by atoms with Crippen molar-refractivity contribution in [1.29, 1.82) is 0 Å². The summed E-state index contributed by atoms with van der Waals surface area (Å²) in [5.41, 5.74) is 7.26. The molecule has 4 rings (SSSR count). The van der Waals surface area contributed by atoms with Gasteiger partial charge in [-0.3, -0.25) is 0 Å². The number of nitrogens with zero attached hydrogens (tertiary/aromatic N) is 3. The molecule has 0 aliphatic rings. The van der Waals surface area contributed by atoms with Crippen LogP contribution in [0, 0.1) is 0 Å². The second-order valence-corrected chi connectivity index (χ2v) is 6.86. The smallest absolute Gasteiger partial charge is 0.244 e. The van der Waals surface area contributed by atoms with E-state index in [-0.39, 0.29) is 0 Å². The first-order valence-corrected chi connectivity index (χ1v) is 9.73. The second kappa shape index (κ2) is 9.20. The van der Waals surface area contributed by atoms with E-state index < -0.39 is 0 Å². The molecule has 0 unspecified atom stereocenters. The van der Waals surface area contributed by atoms with Crippen molar-refractivity contribution in [3.05, 3.63) is 95.5 Å². The fraction of sp³-hybridized carbons (Fsp3) is 0.0417. The second-order valence-electron chi connectivity index (χ2n) is 6.45. The quantitative estimate of drug-likeness (QED) is 0.314. The van der Waals surface area contributed by atoms with E-state index in [9.17, 15) is 0 Å². The molecule has 148 valence electrons. The van der Waals surface area contributed by atoms with Gasteiger partial charge in [0.05, 0.1) is 24.7 Å². The van der Waals surface area contributed by atoms with Crippen LogP contribution in [0.1, 0.15) is 5.56 Å². The van der Waals surface area contributed by atoms with E-state index in [1.54, 1.807) is 13.3 Å². The monoisotopic (exact) mass is 414 g/mol. The maximum Gasteiger partial charge on any atom is 0.244 e. The minimum atomic E-state index is 0.394. The van der Waals surface area contributed by atoms with Crippen LogP contribution in [0.5, 0.6) is 5.75 Å². The average molecular weight is 415 g/mol. The summed E-state index contributed by atoms with van der Waals surface area (Å²) in [6.07, 6.45) is 1.65. The Balaban J connectivity index is 1.69. The lowest BCUT2D eigenvalue weighted by Crippen LogP contribution is -2.00. The van der Waals surface area contributed by atoms with Crippen molar-refractivity contribution < 1.29 is 4.74 Å². The summed E-state index contributed by atoms with van der Waals surface area (Å²) in [7, 11) is 1.65. The van der Waals surface area contributed by atoms with Crippen LogP contribution in [0.2, 0.25) is 5.02 Å². The molecule has 0 aliphatic carbocycles. The molecule has 0 amide bonds. The average Bonchev–Trinajstić information content (AvgIpc) is 2.81. The van der Waals surface area contributed by atoms with E-state index in [0.717, 1.165) is 33.8 Å². The Labute approximate surface area is 180 Å². The molecule has 0 bridgehead atoms. The van der Waals surface area contributed by atoms with Gasteiger partial charge >= 0.3 is 0 Å². The van der Waals surface area contributed by atoms with E-state index >= 15 is 0 Å². The number of hydrazone groups is 1. The Morgan fingerprint density at radius 2 is 1.47 bits per heavy atom. The van der Waals surface area contributed by atoms with Gasteiger partial charge in [-0.1, -0.05) is 60.1 Å². The molecule has 1 N–H and O–H groups in total. The van der Waals surface area contributed by atoms with Gasteiger partial charge in [0, 0.05) is 21.7 Å². The normalized spacial score (nSPS) is 10.9. The van der Waals surface area contributed by atoms with Gasteiger partial charge in [0.1, 0.15) is 5.75 Å². The molecule has 3 aromatic carbocycles. The molecule has 0 saturated heterocycles. The van der Waals surface area contributed by atoms with Gasteiger partial charge in [-0.2, -0.15) is 5.10 Å². The molecule has 0 aliphatic heterocycles. The summed E-state index contributed by atoms with van der Waals surface area (Å²) in [6.45, 7) is 0. The van der Waals surface area contributed by atoms with Crippen molar-refractivity contribution >= 4 is 23.8 Å². The number of rotatable bonds is 6. The largest absolute Gasteiger partial charge is 0.497 e. The Bertz CT molecular complexity index is 1160. The maximum atomic E-state index is 6.18. The molecule has 30 heavy (non-hydrogen) atoms. The Hall–Kier alpha value is -3.70. The standard InChI is InChI=1S/C24H19ClN4O/c1-30-20-13-11-18(12-14-20)23-15-22(17-7-3-2-4-8-17)27-24(28-23)29-26-16-19-9-5-6-10-21(19)25/h2-16H,1H3,(H,27,28,29)/b26-16-. The maximum absolute atomic E-state index is 6.18. The SMILES string of the molecule is COc1ccc(-c2cc(-c3ccccc3)nc(N/N=C\c3ccccc3Cl)n2)cc1. The van der Waals surface area contributed by atoms with Crippen molar-refractivity contribution in [3.8, 4) is 28.3 Å². The third kappa shape index (κ3) is 4.64. The van der Waals surface area contributed by atoms with Gasteiger partial charge in [-0.05, 0) is 36.4 Å². The number of halogens is 1. The summed E-state index contributed by atoms with van der Waals surface area (Å²) in [4.78, 5) is 9.25. The number of hydrogen-bond acceptors (Lipinski definition) is 5. The van der Waals surface area contributed by atoms with Crippen LogP contribution in [-0.4, -0.2) is 23.3 Å². The fourth-order valence-corrected chi connectivity index (χ4v) is 3.09. The third-order valence-electron chi connectivity index (χ3n) is 4.45. The predicted octanol–water partition coefficient (Wildman–Crippen LogP) is 5.92. The minimum Gasteiger partial charge on any atom is -0.497 e. The van der Waals surface area contributed by atoms with E-state index in [2.05, 4.69) is 20.5 Å². The number of methoxy groups -OCH3 is 1. The lowest BCUT2D eigenvalue weighted by Gasteiger charge is -2.09. The van der Waals surface area contributed by atoms with Crippen molar-refractivity contribution in [2.24, 2.45) is 5.10 Å². The van der Waals surface area contributed by atoms with Crippen LogP contribution >= 0.6 is 11.6 Å². The summed E-state index contributed by atoms with van der Waals surface area (Å²) in [5, 5.41) is 4.89. The highest BCUT2D eigenvalue weighted by atomic mass is 35.5. The topological polar surface area (TPSA) is 59.4 Å². The molecule has 0 saturated carbocycles. The molecular formula is C24H19ClN4O. The molecule has 0 radical (unpaired) electrons. The van der Waals surface area contributed by atoms with Gasteiger partial charge in [0.2, 0.25) is 5.95 Å². The lowest BCUT2D eigenvalue weighted by molar-refractivity contribution is 0.415. The number of benzene rings is 3. The summed E-state index contributed by atoms with van der Waals surface area (Å²) < 4.78 is 5.25. The molecule has 0 fully saturated rings. The number of hydrogen-bond donors (Lipinski definition) is 1. The molecular weight excluding hydrogens is 396 g/mol. The Kier molecular flexibility index (Phi) is 6.01. The van der Waals surface area contributed by atoms with Crippen molar-refractivity contribution in [3.63, 3.8) is 0 Å². The molecule has 0 atom stereocenters. The predicted molar refractivity (Wildman–Crippen MR) is 122 cm³/mol. The van der Waals surface area contributed by atoms with Gasteiger partial charge in [0.15, 0.2) is 0 Å². The Morgan fingerprint density at radius 3 is 2.13 bits per heavy atom. The Morgan fingerprint density at radius 1 is 0.833 bits per heavy atom. The van der Waals surface area contributed by atoms with Crippen molar-refractivity contribution in [2.75, 3.05) is 12.5 Å². The van der Waals surface area contributed by atoms with Gasteiger partial charge in [-0.25, -0.2) is 15.4 Å². The van der Waals surface area contributed by atoms with E-state index in [0.29, 0.717) is 11.0 Å². The first-order valence-electron chi connectivity index (χ1n) is 9.35. The van der Waals surface area contributed by atoms with Crippen LogP contribution in [0.3, 0.4) is 0 Å². The third-order valence-corrected chi connectivity index (χ3v) is 4.80. The van der Waals surface area contributed by atoms with E-state index in [1.165, 1.54) is 0 Å². The highest BCUT2D eigenvalue weighted by Gasteiger charge is 2.09. The lowest BCUT2D eigenvalue weighted by atomic mass is 10.1. The summed E-state index contributed by atoms with van der Waals surface area (Å²) >= 11 is 6.18. The van der Waals surface area contributed by atoms with E-state index in [4.69, 9.17) is 16.3 Å². The molecule has 1 aromatic heterocycles.